The molecule has 1 fully saturated rings. The van der Waals surface area contributed by atoms with Crippen molar-refractivity contribution in [2.75, 3.05) is 24.5 Å². The molecule has 1 N–H and O–H groups in total. The van der Waals surface area contributed by atoms with Gasteiger partial charge in [0, 0.05) is 37.9 Å². The zero-order chi connectivity index (χ0) is 13.5. The van der Waals surface area contributed by atoms with Crippen molar-refractivity contribution in [3.63, 3.8) is 0 Å². The smallest absolute Gasteiger partial charge is 0.219 e. The van der Waals surface area contributed by atoms with Gasteiger partial charge in [0.05, 0.1) is 5.69 Å². The van der Waals surface area contributed by atoms with Gasteiger partial charge in [-0.3, -0.25) is 4.79 Å². The Morgan fingerprint density at radius 2 is 2.21 bits per heavy atom. The summed E-state index contributed by atoms with van der Waals surface area (Å²) in [5.74, 6) is 0.147. The standard InChI is InChI=1S/C14H23N3OS/c1-2-6-13(18)15-8-7-12-11-19-14(16-12)17-9-4-3-5-10-17/h11H,2-10H2,1H3,(H,15,18). The van der Waals surface area contributed by atoms with E-state index in [-0.39, 0.29) is 5.91 Å². The molecule has 106 valence electrons. The molecule has 1 saturated heterocycles. The van der Waals surface area contributed by atoms with E-state index in [0.717, 1.165) is 36.8 Å². The summed E-state index contributed by atoms with van der Waals surface area (Å²) in [6.07, 6.45) is 6.26. The number of aromatic nitrogens is 1. The second-order valence-corrected chi connectivity index (χ2v) is 5.86. The molecule has 19 heavy (non-hydrogen) atoms. The molecule has 2 rings (SSSR count). The molecular weight excluding hydrogens is 258 g/mol. The summed E-state index contributed by atoms with van der Waals surface area (Å²) in [7, 11) is 0. The molecule has 0 unspecified atom stereocenters. The molecule has 1 aromatic heterocycles. The quantitative estimate of drug-likeness (QED) is 0.871. The van der Waals surface area contributed by atoms with Crippen molar-refractivity contribution >= 4 is 22.4 Å². The maximum absolute atomic E-state index is 11.3. The summed E-state index contributed by atoms with van der Waals surface area (Å²) in [5.41, 5.74) is 1.10. The maximum Gasteiger partial charge on any atom is 0.219 e. The Hall–Kier alpha value is -1.10. The topological polar surface area (TPSA) is 45.2 Å². The third-order valence-electron chi connectivity index (χ3n) is 3.35. The molecule has 1 aliphatic heterocycles. The van der Waals surface area contributed by atoms with Crippen molar-refractivity contribution in [1.29, 1.82) is 0 Å². The van der Waals surface area contributed by atoms with Crippen molar-refractivity contribution in [3.05, 3.63) is 11.1 Å². The van der Waals surface area contributed by atoms with Crippen molar-refractivity contribution in [1.82, 2.24) is 10.3 Å². The Morgan fingerprint density at radius 3 is 2.95 bits per heavy atom. The minimum atomic E-state index is 0.147. The highest BCUT2D eigenvalue weighted by molar-refractivity contribution is 7.13. The molecule has 0 aliphatic carbocycles. The van der Waals surface area contributed by atoms with Gasteiger partial charge >= 0.3 is 0 Å². The summed E-state index contributed by atoms with van der Waals surface area (Å²) in [6.45, 7) is 4.99. The van der Waals surface area contributed by atoms with Crippen molar-refractivity contribution in [2.45, 2.75) is 45.4 Å². The number of nitrogens with zero attached hydrogens (tertiary/aromatic N) is 2. The van der Waals surface area contributed by atoms with Crippen LogP contribution < -0.4 is 10.2 Å². The Kier molecular flexibility index (Phi) is 5.63. The zero-order valence-corrected chi connectivity index (χ0v) is 12.5. The van der Waals surface area contributed by atoms with Crippen LogP contribution in [0.15, 0.2) is 5.38 Å². The van der Waals surface area contributed by atoms with E-state index in [1.165, 1.54) is 19.3 Å². The number of carbonyl (C=O) groups excluding carboxylic acids is 1. The summed E-state index contributed by atoms with van der Waals surface area (Å²) >= 11 is 1.73. The third-order valence-corrected chi connectivity index (χ3v) is 4.30. The molecule has 0 bridgehead atoms. The lowest BCUT2D eigenvalue weighted by atomic mass is 10.1. The van der Waals surface area contributed by atoms with Gasteiger partial charge in [-0.15, -0.1) is 11.3 Å². The van der Waals surface area contributed by atoms with Gasteiger partial charge in [-0.25, -0.2) is 4.98 Å². The fraction of sp³-hybridized carbons (Fsp3) is 0.714. The molecule has 4 nitrogen and oxygen atoms in total. The van der Waals surface area contributed by atoms with Crippen LogP contribution in [0.3, 0.4) is 0 Å². The van der Waals surface area contributed by atoms with Crippen LogP contribution in [0.4, 0.5) is 5.13 Å². The van der Waals surface area contributed by atoms with Gasteiger partial charge in [0.25, 0.3) is 0 Å². The van der Waals surface area contributed by atoms with Crippen LogP contribution in [0.25, 0.3) is 0 Å². The minimum absolute atomic E-state index is 0.147. The first-order valence-electron chi connectivity index (χ1n) is 7.25. The summed E-state index contributed by atoms with van der Waals surface area (Å²) in [5, 5.41) is 6.20. The molecule has 1 aromatic rings. The first-order valence-corrected chi connectivity index (χ1v) is 8.13. The molecular formula is C14H23N3OS. The summed E-state index contributed by atoms with van der Waals surface area (Å²) in [6, 6.07) is 0. The van der Waals surface area contributed by atoms with Gasteiger partial charge in [0.2, 0.25) is 5.91 Å². The lowest BCUT2D eigenvalue weighted by molar-refractivity contribution is -0.121. The predicted octanol–water partition coefficient (Wildman–Crippen LogP) is 2.59. The van der Waals surface area contributed by atoms with E-state index in [1.54, 1.807) is 11.3 Å². The van der Waals surface area contributed by atoms with Gasteiger partial charge in [-0.05, 0) is 25.7 Å². The van der Waals surface area contributed by atoms with Crippen molar-refractivity contribution in [2.24, 2.45) is 0 Å². The largest absolute Gasteiger partial charge is 0.356 e. The summed E-state index contributed by atoms with van der Waals surface area (Å²) < 4.78 is 0. The maximum atomic E-state index is 11.3. The van der Waals surface area contributed by atoms with E-state index in [1.807, 2.05) is 6.92 Å². The Bertz CT molecular complexity index is 399. The predicted molar refractivity (Wildman–Crippen MR) is 79.8 cm³/mol. The molecule has 0 saturated carbocycles. The van der Waals surface area contributed by atoms with Crippen LogP contribution in [0, 0.1) is 0 Å². The van der Waals surface area contributed by atoms with E-state index in [4.69, 9.17) is 0 Å². The first-order chi connectivity index (χ1) is 9.29. The number of anilines is 1. The highest BCUT2D eigenvalue weighted by Gasteiger charge is 2.14. The van der Waals surface area contributed by atoms with E-state index in [9.17, 15) is 4.79 Å². The van der Waals surface area contributed by atoms with E-state index >= 15 is 0 Å². The van der Waals surface area contributed by atoms with Crippen molar-refractivity contribution < 1.29 is 4.79 Å². The van der Waals surface area contributed by atoms with Crippen LogP contribution in [-0.2, 0) is 11.2 Å². The van der Waals surface area contributed by atoms with Crippen LogP contribution in [0.5, 0.6) is 0 Å². The molecule has 0 aromatic carbocycles. The number of rotatable bonds is 6. The van der Waals surface area contributed by atoms with Gasteiger partial charge in [0.1, 0.15) is 0 Å². The summed E-state index contributed by atoms with van der Waals surface area (Å²) in [4.78, 5) is 18.4. The Labute approximate surface area is 119 Å². The lowest BCUT2D eigenvalue weighted by Crippen LogP contribution is -2.29. The number of carbonyl (C=O) groups is 1. The Balaban J connectivity index is 1.75. The molecule has 0 spiro atoms. The molecule has 1 aliphatic rings. The highest BCUT2D eigenvalue weighted by atomic mass is 32.1. The number of piperidine rings is 1. The number of amides is 1. The van der Waals surface area contributed by atoms with Gasteiger partial charge in [0.15, 0.2) is 5.13 Å². The number of hydrogen-bond donors (Lipinski definition) is 1. The molecule has 5 heteroatoms. The SMILES string of the molecule is CCCC(=O)NCCc1csc(N2CCCCC2)n1. The van der Waals surface area contributed by atoms with Crippen LogP contribution in [0.1, 0.15) is 44.7 Å². The fourth-order valence-corrected chi connectivity index (χ4v) is 3.20. The normalized spacial score (nSPS) is 15.5. The first kappa shape index (κ1) is 14.3. The molecule has 0 atom stereocenters. The number of hydrogen-bond acceptors (Lipinski definition) is 4. The monoisotopic (exact) mass is 281 g/mol. The van der Waals surface area contributed by atoms with Crippen LogP contribution in [-0.4, -0.2) is 30.5 Å². The van der Waals surface area contributed by atoms with Gasteiger partial charge in [-0.2, -0.15) is 0 Å². The second-order valence-electron chi connectivity index (χ2n) is 5.02. The zero-order valence-electron chi connectivity index (χ0n) is 11.7. The molecule has 2 heterocycles. The second kappa shape index (κ2) is 7.48. The number of nitrogens with one attached hydrogen (secondary N) is 1. The third kappa shape index (κ3) is 4.49. The van der Waals surface area contributed by atoms with E-state index in [2.05, 4.69) is 20.6 Å². The lowest BCUT2D eigenvalue weighted by Gasteiger charge is -2.25. The van der Waals surface area contributed by atoms with Crippen molar-refractivity contribution in [3.8, 4) is 0 Å². The van der Waals surface area contributed by atoms with Crippen LogP contribution in [0.2, 0.25) is 0 Å². The average Bonchev–Trinajstić information content (AvgIpc) is 2.89. The molecule has 1 amide bonds. The highest BCUT2D eigenvalue weighted by Crippen LogP contribution is 2.23. The van der Waals surface area contributed by atoms with Crippen LogP contribution >= 0.6 is 11.3 Å². The number of thiazole rings is 1. The van der Waals surface area contributed by atoms with E-state index < -0.39 is 0 Å². The fourth-order valence-electron chi connectivity index (χ4n) is 2.29. The average molecular weight is 281 g/mol. The van der Waals surface area contributed by atoms with E-state index in [0.29, 0.717) is 13.0 Å². The Morgan fingerprint density at radius 1 is 1.42 bits per heavy atom. The molecule has 0 radical (unpaired) electrons. The van der Waals surface area contributed by atoms with Gasteiger partial charge < -0.3 is 10.2 Å². The van der Waals surface area contributed by atoms with Gasteiger partial charge in [-0.1, -0.05) is 6.92 Å². The minimum Gasteiger partial charge on any atom is -0.356 e.